The minimum absolute atomic E-state index is 0.303. The van der Waals surface area contributed by atoms with Crippen molar-refractivity contribution in [3.8, 4) is 11.8 Å². The Morgan fingerprint density at radius 3 is 2.86 bits per heavy atom. The fourth-order valence-electron chi connectivity index (χ4n) is 1.66. The van der Waals surface area contributed by atoms with Gasteiger partial charge in [0.15, 0.2) is 0 Å². The van der Waals surface area contributed by atoms with Crippen LogP contribution in [0, 0.1) is 24.6 Å². The first kappa shape index (κ1) is 14.7. The second-order valence-electron chi connectivity index (χ2n) is 4.29. The third kappa shape index (κ3) is 3.88. The molecule has 1 amide bonds. The fourth-order valence-corrected chi connectivity index (χ4v) is 1.66. The number of carbonyl (C=O) groups is 1. The van der Waals surface area contributed by atoms with E-state index in [0.717, 1.165) is 5.69 Å². The summed E-state index contributed by atoms with van der Waals surface area (Å²) < 4.78 is 13.2. The summed E-state index contributed by atoms with van der Waals surface area (Å²) in [6.45, 7) is 1.48. The molecular weight excluding hydrogens is 271 g/mol. The Balaban J connectivity index is 2.26. The Morgan fingerprint density at radius 1 is 1.38 bits per heavy atom. The average molecular weight is 284 g/mol. The lowest BCUT2D eigenvalue weighted by Gasteiger charge is -2.07. The highest BCUT2D eigenvalue weighted by Gasteiger charge is 2.09. The van der Waals surface area contributed by atoms with Crippen LogP contribution in [-0.4, -0.2) is 22.6 Å². The molecule has 1 aromatic carbocycles. The Morgan fingerprint density at radius 2 is 2.19 bits per heavy atom. The summed E-state index contributed by atoms with van der Waals surface area (Å²) in [4.78, 5) is 16.1. The number of amides is 1. The smallest absolute Gasteiger partial charge is 0.257 e. The fraction of sp³-hybridized carbons (Fsp3) is 0.125. The van der Waals surface area contributed by atoms with Gasteiger partial charge in [-0.2, -0.15) is 0 Å². The molecular formula is C16H13FN2O2. The SMILES string of the molecule is Cc1ccc(C(=O)Nc2ccc(F)cc2C#CCO)cn1. The number of anilines is 1. The van der Waals surface area contributed by atoms with Gasteiger partial charge in [0.1, 0.15) is 12.4 Å². The van der Waals surface area contributed by atoms with E-state index in [1.165, 1.54) is 24.4 Å². The summed E-state index contributed by atoms with van der Waals surface area (Å²) in [5.41, 5.74) is 1.88. The summed E-state index contributed by atoms with van der Waals surface area (Å²) in [7, 11) is 0. The van der Waals surface area contributed by atoms with E-state index >= 15 is 0 Å². The summed E-state index contributed by atoms with van der Waals surface area (Å²) in [5, 5.41) is 11.4. The van der Waals surface area contributed by atoms with Crippen LogP contribution < -0.4 is 5.32 Å². The third-order valence-electron chi connectivity index (χ3n) is 2.71. The summed E-state index contributed by atoms with van der Waals surface area (Å²) in [5.74, 6) is 4.20. The number of nitrogens with one attached hydrogen (secondary N) is 1. The predicted molar refractivity (Wildman–Crippen MR) is 77.3 cm³/mol. The van der Waals surface area contributed by atoms with E-state index in [0.29, 0.717) is 16.8 Å². The van der Waals surface area contributed by atoms with Gasteiger partial charge in [-0.05, 0) is 37.3 Å². The van der Waals surface area contributed by atoms with Gasteiger partial charge in [-0.15, -0.1) is 0 Å². The molecule has 1 heterocycles. The van der Waals surface area contributed by atoms with Crippen molar-refractivity contribution < 1.29 is 14.3 Å². The molecule has 0 aliphatic rings. The Bertz CT molecular complexity index is 715. The number of halogens is 1. The predicted octanol–water partition coefficient (Wildman–Crippen LogP) is 2.13. The maximum Gasteiger partial charge on any atom is 0.257 e. The number of pyridine rings is 1. The zero-order valence-corrected chi connectivity index (χ0v) is 11.4. The van der Waals surface area contributed by atoms with Gasteiger partial charge < -0.3 is 10.4 Å². The molecule has 4 nitrogen and oxygen atoms in total. The monoisotopic (exact) mass is 284 g/mol. The van der Waals surface area contributed by atoms with E-state index in [1.54, 1.807) is 12.1 Å². The van der Waals surface area contributed by atoms with Gasteiger partial charge in [0.25, 0.3) is 5.91 Å². The highest BCUT2D eigenvalue weighted by Crippen LogP contribution is 2.17. The van der Waals surface area contributed by atoms with Crippen molar-refractivity contribution in [3.05, 3.63) is 59.2 Å². The lowest BCUT2D eigenvalue weighted by Crippen LogP contribution is -2.13. The molecule has 0 bridgehead atoms. The van der Waals surface area contributed by atoms with Crippen molar-refractivity contribution in [3.63, 3.8) is 0 Å². The van der Waals surface area contributed by atoms with Gasteiger partial charge in [-0.3, -0.25) is 9.78 Å². The quantitative estimate of drug-likeness (QED) is 0.830. The molecule has 0 aliphatic heterocycles. The van der Waals surface area contributed by atoms with Gasteiger partial charge in [-0.1, -0.05) is 11.8 Å². The first-order chi connectivity index (χ1) is 10.1. The normalized spacial score (nSPS) is 9.67. The largest absolute Gasteiger partial charge is 0.384 e. The second kappa shape index (κ2) is 6.64. The number of hydrogen-bond acceptors (Lipinski definition) is 3. The summed E-state index contributed by atoms with van der Waals surface area (Å²) >= 11 is 0. The third-order valence-corrected chi connectivity index (χ3v) is 2.71. The van der Waals surface area contributed by atoms with E-state index in [2.05, 4.69) is 22.1 Å². The maximum absolute atomic E-state index is 13.2. The molecule has 2 N–H and O–H groups in total. The van der Waals surface area contributed by atoms with Crippen LogP contribution in [0.4, 0.5) is 10.1 Å². The molecule has 0 atom stereocenters. The van der Waals surface area contributed by atoms with Crippen LogP contribution >= 0.6 is 0 Å². The van der Waals surface area contributed by atoms with E-state index < -0.39 is 5.82 Å². The lowest BCUT2D eigenvalue weighted by atomic mass is 10.1. The Labute approximate surface area is 121 Å². The van der Waals surface area contributed by atoms with Crippen LogP contribution in [0.15, 0.2) is 36.5 Å². The molecule has 0 aliphatic carbocycles. The van der Waals surface area contributed by atoms with Crippen LogP contribution in [-0.2, 0) is 0 Å². The van der Waals surface area contributed by atoms with Gasteiger partial charge in [-0.25, -0.2) is 4.39 Å². The number of aromatic nitrogens is 1. The number of carbonyl (C=O) groups excluding carboxylic acids is 1. The highest BCUT2D eigenvalue weighted by molar-refractivity contribution is 6.04. The number of aryl methyl sites for hydroxylation is 1. The van der Waals surface area contributed by atoms with Crippen LogP contribution in [0.2, 0.25) is 0 Å². The molecule has 0 saturated heterocycles. The van der Waals surface area contributed by atoms with E-state index in [1.807, 2.05) is 6.92 Å². The van der Waals surface area contributed by atoms with E-state index in [4.69, 9.17) is 5.11 Å². The summed E-state index contributed by atoms with van der Waals surface area (Å²) in [6.07, 6.45) is 1.47. The van der Waals surface area contributed by atoms with E-state index in [9.17, 15) is 9.18 Å². The Hall–Kier alpha value is -2.71. The molecule has 2 aromatic rings. The lowest BCUT2D eigenvalue weighted by molar-refractivity contribution is 0.102. The number of hydrogen-bond donors (Lipinski definition) is 2. The van der Waals surface area contributed by atoms with Crippen molar-refractivity contribution >= 4 is 11.6 Å². The van der Waals surface area contributed by atoms with Gasteiger partial charge in [0.05, 0.1) is 16.8 Å². The van der Waals surface area contributed by atoms with Crippen LogP contribution in [0.3, 0.4) is 0 Å². The number of rotatable bonds is 2. The molecule has 106 valence electrons. The number of aliphatic hydroxyl groups is 1. The van der Waals surface area contributed by atoms with Gasteiger partial charge >= 0.3 is 0 Å². The first-order valence-electron chi connectivity index (χ1n) is 6.23. The van der Waals surface area contributed by atoms with Crippen LogP contribution in [0.5, 0.6) is 0 Å². The minimum atomic E-state index is -0.466. The highest BCUT2D eigenvalue weighted by atomic mass is 19.1. The van der Waals surface area contributed by atoms with Crippen molar-refractivity contribution in [1.29, 1.82) is 0 Å². The molecule has 0 fully saturated rings. The van der Waals surface area contributed by atoms with Crippen molar-refractivity contribution in [2.24, 2.45) is 0 Å². The first-order valence-corrected chi connectivity index (χ1v) is 6.23. The molecule has 0 saturated carbocycles. The standard InChI is InChI=1S/C16H13FN2O2/c1-11-4-5-13(10-18-11)16(21)19-15-7-6-14(17)9-12(15)3-2-8-20/h4-7,9-10,20H,8H2,1H3,(H,19,21). The van der Waals surface area contributed by atoms with Crippen molar-refractivity contribution in [1.82, 2.24) is 4.98 Å². The molecule has 21 heavy (non-hydrogen) atoms. The van der Waals surface area contributed by atoms with Crippen LogP contribution in [0.25, 0.3) is 0 Å². The van der Waals surface area contributed by atoms with Crippen molar-refractivity contribution in [2.45, 2.75) is 6.92 Å². The molecule has 0 unspecified atom stereocenters. The molecule has 2 rings (SSSR count). The maximum atomic E-state index is 13.2. The average Bonchev–Trinajstić information content (AvgIpc) is 2.48. The second-order valence-corrected chi connectivity index (χ2v) is 4.29. The zero-order valence-electron chi connectivity index (χ0n) is 11.4. The van der Waals surface area contributed by atoms with Crippen molar-refractivity contribution in [2.75, 3.05) is 11.9 Å². The van der Waals surface area contributed by atoms with Gasteiger partial charge in [0, 0.05) is 11.9 Å². The number of benzene rings is 1. The molecule has 1 aromatic heterocycles. The Kier molecular flexibility index (Phi) is 4.64. The molecule has 0 radical (unpaired) electrons. The zero-order chi connectivity index (χ0) is 15.2. The van der Waals surface area contributed by atoms with E-state index in [-0.39, 0.29) is 12.5 Å². The number of nitrogens with zero attached hydrogens (tertiary/aromatic N) is 1. The molecule has 5 heteroatoms. The topological polar surface area (TPSA) is 62.2 Å². The molecule has 0 spiro atoms. The summed E-state index contributed by atoms with van der Waals surface area (Å²) in [6, 6.07) is 7.24. The van der Waals surface area contributed by atoms with Gasteiger partial charge in [0.2, 0.25) is 0 Å². The minimum Gasteiger partial charge on any atom is -0.384 e. The van der Waals surface area contributed by atoms with Crippen LogP contribution in [0.1, 0.15) is 21.6 Å². The number of aliphatic hydroxyl groups excluding tert-OH is 1.